The molecule has 3 N–H and O–H groups in total. The summed E-state index contributed by atoms with van der Waals surface area (Å²) >= 11 is 0. The molecule has 4 rings (SSSR count). The molecule has 5 heteroatoms. The molecule has 0 amide bonds. The molecular weight excluding hydrogens is 288 g/mol. The summed E-state index contributed by atoms with van der Waals surface area (Å²) in [6, 6.07) is 14.5. The lowest BCUT2D eigenvalue weighted by molar-refractivity contribution is 0.546. The second kappa shape index (κ2) is 5.59. The minimum Gasteiger partial charge on any atom is -0.355 e. The van der Waals surface area contributed by atoms with Gasteiger partial charge in [0.2, 0.25) is 0 Å². The van der Waals surface area contributed by atoms with Crippen LogP contribution in [0.1, 0.15) is 18.0 Å². The van der Waals surface area contributed by atoms with Crippen LogP contribution in [0.15, 0.2) is 47.3 Å². The Morgan fingerprint density at radius 1 is 1.22 bits per heavy atom. The van der Waals surface area contributed by atoms with Crippen molar-refractivity contribution in [2.45, 2.75) is 19.4 Å². The summed E-state index contributed by atoms with van der Waals surface area (Å²) in [5.74, 6) is 0. The number of hydrogen-bond acceptors (Lipinski definition) is 3. The average Bonchev–Trinajstić information content (AvgIpc) is 3.15. The van der Waals surface area contributed by atoms with Gasteiger partial charge < -0.3 is 15.6 Å². The fourth-order valence-electron chi connectivity index (χ4n) is 3.30. The van der Waals surface area contributed by atoms with E-state index >= 15 is 0 Å². The number of aromatic nitrogens is 2. The van der Waals surface area contributed by atoms with Gasteiger partial charge in [-0.05, 0) is 49.7 Å². The standard InChI is InChI=1S/C18H20N4O/c1-12-4-2-3-5-15(12)20-13-6-7-17-16(10-13)21-18(23)22(17)14-8-9-19-11-14/h2-7,10,14,19-20H,8-9,11H2,1H3,(H,21,23). The molecule has 2 aromatic carbocycles. The van der Waals surface area contributed by atoms with Gasteiger partial charge in [0.05, 0.1) is 17.1 Å². The normalized spacial score (nSPS) is 17.7. The van der Waals surface area contributed by atoms with Crippen LogP contribution < -0.4 is 16.3 Å². The molecule has 2 heterocycles. The van der Waals surface area contributed by atoms with E-state index in [1.54, 1.807) is 0 Å². The van der Waals surface area contributed by atoms with Crippen molar-refractivity contribution in [1.29, 1.82) is 0 Å². The van der Waals surface area contributed by atoms with E-state index in [1.807, 2.05) is 34.9 Å². The van der Waals surface area contributed by atoms with Crippen molar-refractivity contribution in [3.05, 3.63) is 58.5 Å². The lowest BCUT2D eigenvalue weighted by Crippen LogP contribution is -2.23. The molecule has 1 aromatic heterocycles. The Hall–Kier alpha value is -2.53. The van der Waals surface area contributed by atoms with Crippen LogP contribution in [0.2, 0.25) is 0 Å². The van der Waals surface area contributed by atoms with Crippen molar-refractivity contribution in [3.63, 3.8) is 0 Å². The lowest BCUT2D eigenvalue weighted by Gasteiger charge is -2.12. The minimum absolute atomic E-state index is 0.0262. The van der Waals surface area contributed by atoms with Crippen LogP contribution in [0, 0.1) is 6.92 Å². The van der Waals surface area contributed by atoms with Gasteiger partial charge >= 0.3 is 5.69 Å². The number of aromatic amines is 1. The van der Waals surface area contributed by atoms with E-state index in [4.69, 9.17) is 0 Å². The van der Waals surface area contributed by atoms with Crippen molar-refractivity contribution in [1.82, 2.24) is 14.9 Å². The highest BCUT2D eigenvalue weighted by atomic mass is 16.1. The van der Waals surface area contributed by atoms with Crippen LogP contribution in [0.4, 0.5) is 11.4 Å². The summed E-state index contributed by atoms with van der Waals surface area (Å²) in [6.45, 7) is 3.90. The van der Waals surface area contributed by atoms with E-state index in [-0.39, 0.29) is 11.7 Å². The van der Waals surface area contributed by atoms with Gasteiger partial charge in [-0.25, -0.2) is 4.79 Å². The first-order valence-electron chi connectivity index (χ1n) is 8.00. The number of hydrogen-bond donors (Lipinski definition) is 3. The number of H-pyrrole nitrogens is 1. The van der Waals surface area contributed by atoms with Crippen molar-refractivity contribution < 1.29 is 0 Å². The number of aryl methyl sites for hydroxylation is 1. The van der Waals surface area contributed by atoms with E-state index in [0.717, 1.165) is 41.9 Å². The van der Waals surface area contributed by atoms with Crippen LogP contribution in [-0.2, 0) is 0 Å². The minimum atomic E-state index is -0.0262. The number of nitrogens with one attached hydrogen (secondary N) is 3. The number of anilines is 2. The molecule has 0 spiro atoms. The Balaban J connectivity index is 1.72. The zero-order valence-electron chi connectivity index (χ0n) is 13.1. The van der Waals surface area contributed by atoms with Gasteiger partial charge in [-0.15, -0.1) is 0 Å². The molecule has 1 aliphatic heterocycles. The molecular formula is C18H20N4O. The number of nitrogens with zero attached hydrogens (tertiary/aromatic N) is 1. The van der Waals surface area contributed by atoms with E-state index < -0.39 is 0 Å². The summed E-state index contributed by atoms with van der Waals surface area (Å²) in [5, 5.41) is 6.74. The van der Waals surface area contributed by atoms with Gasteiger partial charge in [0.25, 0.3) is 0 Å². The van der Waals surface area contributed by atoms with Gasteiger partial charge in [-0.2, -0.15) is 0 Å². The molecule has 0 aliphatic carbocycles. The first-order chi connectivity index (χ1) is 11.2. The highest BCUT2D eigenvalue weighted by Gasteiger charge is 2.20. The molecule has 1 fully saturated rings. The van der Waals surface area contributed by atoms with Gasteiger partial charge in [0.1, 0.15) is 0 Å². The van der Waals surface area contributed by atoms with Crippen LogP contribution in [0.25, 0.3) is 11.0 Å². The summed E-state index contributed by atoms with van der Waals surface area (Å²) in [6.07, 6.45) is 0.996. The van der Waals surface area contributed by atoms with Crippen LogP contribution in [-0.4, -0.2) is 22.6 Å². The Kier molecular flexibility index (Phi) is 3.42. The Morgan fingerprint density at radius 3 is 2.87 bits per heavy atom. The van der Waals surface area contributed by atoms with Gasteiger partial charge in [0.15, 0.2) is 0 Å². The van der Waals surface area contributed by atoms with Crippen molar-refractivity contribution in [2.75, 3.05) is 18.4 Å². The molecule has 1 atom stereocenters. The van der Waals surface area contributed by atoms with Gasteiger partial charge in [-0.3, -0.25) is 4.57 Å². The summed E-state index contributed by atoms with van der Waals surface area (Å²) in [4.78, 5) is 15.3. The van der Waals surface area contributed by atoms with Crippen molar-refractivity contribution in [3.8, 4) is 0 Å². The third-order valence-electron chi connectivity index (χ3n) is 4.54. The largest absolute Gasteiger partial charge is 0.355 e. The maximum absolute atomic E-state index is 12.3. The van der Waals surface area contributed by atoms with Crippen LogP contribution in [0.3, 0.4) is 0 Å². The first-order valence-corrected chi connectivity index (χ1v) is 8.00. The van der Waals surface area contributed by atoms with E-state index in [1.165, 1.54) is 5.56 Å². The van der Waals surface area contributed by atoms with E-state index in [2.05, 4.69) is 34.7 Å². The third-order valence-corrected chi connectivity index (χ3v) is 4.54. The second-order valence-electron chi connectivity index (χ2n) is 6.12. The topological polar surface area (TPSA) is 61.9 Å². The molecule has 0 radical (unpaired) electrons. The monoisotopic (exact) mass is 308 g/mol. The first kappa shape index (κ1) is 14.1. The summed E-state index contributed by atoms with van der Waals surface area (Å²) < 4.78 is 1.88. The molecule has 118 valence electrons. The van der Waals surface area contributed by atoms with E-state index in [0.29, 0.717) is 0 Å². The predicted molar refractivity (Wildman–Crippen MR) is 93.5 cm³/mol. The summed E-state index contributed by atoms with van der Waals surface area (Å²) in [7, 11) is 0. The predicted octanol–water partition coefficient (Wildman–Crippen LogP) is 2.92. The fourth-order valence-corrected chi connectivity index (χ4v) is 3.30. The maximum Gasteiger partial charge on any atom is 0.326 e. The number of fused-ring (bicyclic) bond motifs is 1. The van der Waals surface area contributed by atoms with Crippen LogP contribution in [0.5, 0.6) is 0 Å². The zero-order valence-corrected chi connectivity index (χ0v) is 13.1. The smallest absolute Gasteiger partial charge is 0.326 e. The fraction of sp³-hybridized carbons (Fsp3) is 0.278. The average molecular weight is 308 g/mol. The summed E-state index contributed by atoms with van der Waals surface area (Å²) in [5.41, 5.74) is 5.07. The molecule has 1 unspecified atom stereocenters. The van der Waals surface area contributed by atoms with Crippen LogP contribution >= 0.6 is 0 Å². The second-order valence-corrected chi connectivity index (χ2v) is 6.12. The van der Waals surface area contributed by atoms with Crippen molar-refractivity contribution in [2.24, 2.45) is 0 Å². The maximum atomic E-state index is 12.3. The number of rotatable bonds is 3. The quantitative estimate of drug-likeness (QED) is 0.697. The molecule has 1 aliphatic rings. The Bertz CT molecular complexity index is 903. The molecule has 0 saturated carbocycles. The number of para-hydroxylation sites is 1. The highest BCUT2D eigenvalue weighted by molar-refractivity contribution is 5.81. The Morgan fingerprint density at radius 2 is 2.09 bits per heavy atom. The molecule has 1 saturated heterocycles. The SMILES string of the molecule is Cc1ccccc1Nc1ccc2c(c1)[nH]c(=O)n2C1CCNC1. The molecule has 5 nitrogen and oxygen atoms in total. The molecule has 23 heavy (non-hydrogen) atoms. The lowest BCUT2D eigenvalue weighted by atomic mass is 10.2. The van der Waals surface area contributed by atoms with Gasteiger partial charge in [0, 0.05) is 17.9 Å². The number of imidazole rings is 1. The van der Waals surface area contributed by atoms with E-state index in [9.17, 15) is 4.79 Å². The number of benzene rings is 2. The van der Waals surface area contributed by atoms with Gasteiger partial charge in [-0.1, -0.05) is 18.2 Å². The highest BCUT2D eigenvalue weighted by Crippen LogP contribution is 2.25. The zero-order chi connectivity index (χ0) is 15.8. The third kappa shape index (κ3) is 2.53. The Labute approximate surface area is 134 Å². The molecule has 0 bridgehead atoms. The van der Waals surface area contributed by atoms with Crippen molar-refractivity contribution >= 4 is 22.4 Å². The molecule has 3 aromatic rings.